The number of aromatic nitrogens is 1. The van der Waals surface area contributed by atoms with E-state index in [1.54, 1.807) is 6.07 Å². The summed E-state index contributed by atoms with van der Waals surface area (Å²) in [7, 11) is 0. The Hall–Kier alpha value is -2.73. The summed E-state index contributed by atoms with van der Waals surface area (Å²) in [5.74, 6) is 0.189. The number of carbonyl (C=O) groups is 2. The van der Waals surface area contributed by atoms with Crippen molar-refractivity contribution in [1.29, 1.82) is 0 Å². The maximum absolute atomic E-state index is 12.4. The van der Waals surface area contributed by atoms with Crippen LogP contribution in [0.4, 0.5) is 5.69 Å². The first-order valence-corrected chi connectivity index (χ1v) is 10.4. The molecule has 2 N–H and O–H groups in total. The number of rotatable bonds is 6. The summed E-state index contributed by atoms with van der Waals surface area (Å²) < 4.78 is 0. The van der Waals surface area contributed by atoms with E-state index < -0.39 is 0 Å². The first-order valence-electron chi connectivity index (χ1n) is 10.4. The lowest BCUT2D eigenvalue weighted by atomic mass is 9.95. The van der Waals surface area contributed by atoms with E-state index in [0.717, 1.165) is 62.3 Å². The Morgan fingerprint density at radius 1 is 1.07 bits per heavy atom. The topological polar surface area (TPSA) is 74.3 Å². The van der Waals surface area contributed by atoms with Gasteiger partial charge in [-0.15, -0.1) is 0 Å². The fraction of sp³-hybridized carbons (Fsp3) is 0.435. The molecule has 1 aliphatic carbocycles. The summed E-state index contributed by atoms with van der Waals surface area (Å²) in [5, 5.41) is 6.06. The quantitative estimate of drug-likeness (QED) is 0.792. The first kappa shape index (κ1) is 19.6. The number of carbonyl (C=O) groups excluding carboxylic acids is 2. The highest BCUT2D eigenvalue weighted by Crippen LogP contribution is 2.24. The fourth-order valence-corrected chi connectivity index (χ4v) is 3.77. The van der Waals surface area contributed by atoms with Crippen LogP contribution in [0.2, 0.25) is 0 Å². The van der Waals surface area contributed by atoms with Crippen LogP contribution in [0.5, 0.6) is 0 Å². The Morgan fingerprint density at radius 2 is 1.83 bits per heavy atom. The number of nitrogens with one attached hydrogen (secondary N) is 2. The third-order valence-electron chi connectivity index (χ3n) is 5.59. The average Bonchev–Trinajstić information content (AvgIpc) is 3.53. The van der Waals surface area contributed by atoms with Gasteiger partial charge in [-0.25, -0.2) is 4.98 Å². The Bertz CT molecular complexity index is 886. The first-order chi connectivity index (χ1) is 14.1. The highest BCUT2D eigenvalue weighted by atomic mass is 16.2. The van der Waals surface area contributed by atoms with Gasteiger partial charge in [0, 0.05) is 29.9 Å². The summed E-state index contributed by atoms with van der Waals surface area (Å²) in [6.07, 6.45) is 4.09. The maximum atomic E-state index is 12.4. The van der Waals surface area contributed by atoms with E-state index in [9.17, 15) is 9.59 Å². The van der Waals surface area contributed by atoms with Crippen molar-refractivity contribution in [2.75, 3.05) is 18.4 Å². The van der Waals surface area contributed by atoms with Gasteiger partial charge in [0.1, 0.15) is 5.69 Å². The molecule has 2 aromatic rings. The van der Waals surface area contributed by atoms with Crippen LogP contribution >= 0.6 is 0 Å². The van der Waals surface area contributed by atoms with Gasteiger partial charge in [-0.3, -0.25) is 14.5 Å². The van der Waals surface area contributed by atoms with Gasteiger partial charge in [0.25, 0.3) is 5.91 Å². The second-order valence-electron chi connectivity index (χ2n) is 8.15. The number of pyridine rings is 1. The van der Waals surface area contributed by atoms with Crippen molar-refractivity contribution in [1.82, 2.24) is 15.2 Å². The minimum absolute atomic E-state index is 0.152. The van der Waals surface area contributed by atoms with Crippen molar-refractivity contribution in [2.45, 2.75) is 45.2 Å². The SMILES string of the molecule is Cc1cccc(C(=O)Nc2cccc(CN3CCC(C(=O)NC4CC4)CC3)c2)n1. The molecule has 152 valence electrons. The van der Waals surface area contributed by atoms with Crippen molar-refractivity contribution in [3.05, 3.63) is 59.4 Å². The van der Waals surface area contributed by atoms with Crippen molar-refractivity contribution in [3.63, 3.8) is 0 Å². The van der Waals surface area contributed by atoms with Crippen LogP contribution in [0, 0.1) is 12.8 Å². The van der Waals surface area contributed by atoms with Crippen LogP contribution in [0.3, 0.4) is 0 Å². The molecule has 29 heavy (non-hydrogen) atoms. The highest BCUT2D eigenvalue weighted by Gasteiger charge is 2.29. The molecule has 0 bridgehead atoms. The molecule has 1 saturated carbocycles. The number of hydrogen-bond donors (Lipinski definition) is 2. The molecule has 2 aliphatic rings. The molecule has 1 aliphatic heterocycles. The zero-order chi connectivity index (χ0) is 20.2. The molecule has 4 rings (SSSR count). The van der Waals surface area contributed by atoms with Crippen molar-refractivity contribution < 1.29 is 9.59 Å². The fourth-order valence-electron chi connectivity index (χ4n) is 3.77. The third-order valence-corrected chi connectivity index (χ3v) is 5.59. The minimum Gasteiger partial charge on any atom is -0.353 e. The zero-order valence-electron chi connectivity index (χ0n) is 16.9. The summed E-state index contributed by atoms with van der Waals surface area (Å²) in [6, 6.07) is 13.8. The average molecular weight is 393 g/mol. The van der Waals surface area contributed by atoms with E-state index in [2.05, 4.69) is 26.6 Å². The zero-order valence-corrected chi connectivity index (χ0v) is 16.9. The van der Waals surface area contributed by atoms with Gasteiger partial charge in [0.2, 0.25) is 5.91 Å². The predicted octanol–water partition coefficient (Wildman–Crippen LogP) is 3.13. The van der Waals surface area contributed by atoms with Gasteiger partial charge < -0.3 is 10.6 Å². The molecule has 0 unspecified atom stereocenters. The van der Waals surface area contributed by atoms with Crippen molar-refractivity contribution in [2.24, 2.45) is 5.92 Å². The standard InChI is InChI=1S/C23H28N4O2/c1-16-4-2-7-21(24-16)23(29)26-20-6-3-5-17(14-20)15-27-12-10-18(11-13-27)22(28)25-19-8-9-19/h2-7,14,18-19H,8-13,15H2,1H3,(H,25,28)(H,26,29). The van der Waals surface area contributed by atoms with Gasteiger partial charge in [-0.05, 0) is 75.5 Å². The van der Waals surface area contributed by atoms with Gasteiger partial charge in [0.05, 0.1) is 0 Å². The van der Waals surface area contributed by atoms with E-state index in [-0.39, 0.29) is 17.7 Å². The summed E-state index contributed by atoms with van der Waals surface area (Å²) in [6.45, 7) is 4.54. The Balaban J connectivity index is 1.30. The maximum Gasteiger partial charge on any atom is 0.274 e. The monoisotopic (exact) mass is 392 g/mol. The molecule has 1 aromatic heterocycles. The number of benzene rings is 1. The molecule has 6 heteroatoms. The molecule has 1 aromatic carbocycles. The van der Waals surface area contributed by atoms with Crippen molar-refractivity contribution >= 4 is 17.5 Å². The smallest absolute Gasteiger partial charge is 0.274 e. The second-order valence-corrected chi connectivity index (χ2v) is 8.15. The number of anilines is 1. The summed E-state index contributed by atoms with van der Waals surface area (Å²) in [4.78, 5) is 31.3. The molecule has 0 atom stereocenters. The molecule has 2 amide bonds. The van der Waals surface area contributed by atoms with E-state index in [1.165, 1.54) is 0 Å². The number of aryl methyl sites for hydroxylation is 1. The second kappa shape index (κ2) is 8.74. The van der Waals surface area contributed by atoms with Gasteiger partial charge in [-0.1, -0.05) is 18.2 Å². The number of hydrogen-bond acceptors (Lipinski definition) is 4. The van der Waals surface area contributed by atoms with Crippen LogP contribution in [0.25, 0.3) is 0 Å². The number of likely N-dealkylation sites (tertiary alicyclic amines) is 1. The van der Waals surface area contributed by atoms with E-state index >= 15 is 0 Å². The third kappa shape index (κ3) is 5.41. The van der Waals surface area contributed by atoms with Crippen molar-refractivity contribution in [3.8, 4) is 0 Å². The van der Waals surface area contributed by atoms with Gasteiger partial charge >= 0.3 is 0 Å². The lowest BCUT2D eigenvalue weighted by Gasteiger charge is -2.31. The summed E-state index contributed by atoms with van der Waals surface area (Å²) >= 11 is 0. The Labute approximate surface area is 171 Å². The van der Waals surface area contributed by atoms with E-state index in [0.29, 0.717) is 11.7 Å². The van der Waals surface area contributed by atoms with Gasteiger partial charge in [0.15, 0.2) is 0 Å². The van der Waals surface area contributed by atoms with Gasteiger partial charge in [-0.2, -0.15) is 0 Å². The van der Waals surface area contributed by atoms with Crippen LogP contribution in [-0.2, 0) is 11.3 Å². The number of nitrogens with zero attached hydrogens (tertiary/aromatic N) is 2. The lowest BCUT2D eigenvalue weighted by Crippen LogP contribution is -2.40. The number of amides is 2. The highest BCUT2D eigenvalue weighted by molar-refractivity contribution is 6.02. The molecular formula is C23H28N4O2. The molecule has 6 nitrogen and oxygen atoms in total. The Kier molecular flexibility index (Phi) is 5.90. The normalized spacial score (nSPS) is 17.7. The van der Waals surface area contributed by atoms with E-state index in [1.807, 2.05) is 37.3 Å². The molecule has 1 saturated heterocycles. The predicted molar refractivity (Wildman–Crippen MR) is 113 cm³/mol. The van der Waals surface area contributed by atoms with Crippen LogP contribution in [-0.4, -0.2) is 40.8 Å². The van der Waals surface area contributed by atoms with Crippen LogP contribution in [0.1, 0.15) is 47.4 Å². The Morgan fingerprint density at radius 3 is 2.55 bits per heavy atom. The molecule has 2 fully saturated rings. The van der Waals surface area contributed by atoms with Crippen LogP contribution in [0.15, 0.2) is 42.5 Å². The number of piperidine rings is 1. The van der Waals surface area contributed by atoms with E-state index in [4.69, 9.17) is 0 Å². The molecule has 2 heterocycles. The summed E-state index contributed by atoms with van der Waals surface area (Å²) in [5.41, 5.74) is 3.16. The lowest BCUT2D eigenvalue weighted by molar-refractivity contribution is -0.126. The van der Waals surface area contributed by atoms with Crippen LogP contribution < -0.4 is 10.6 Å². The molecule has 0 radical (unpaired) electrons. The largest absolute Gasteiger partial charge is 0.353 e. The minimum atomic E-state index is -0.201. The molecule has 0 spiro atoms. The molecular weight excluding hydrogens is 364 g/mol.